The van der Waals surface area contributed by atoms with E-state index >= 15 is 0 Å². The summed E-state index contributed by atoms with van der Waals surface area (Å²) in [5.74, 6) is -0.450. The predicted octanol–water partition coefficient (Wildman–Crippen LogP) is 2.86. The maximum absolute atomic E-state index is 12.9. The summed E-state index contributed by atoms with van der Waals surface area (Å²) >= 11 is 0. The Hall–Kier alpha value is -2.62. The van der Waals surface area contributed by atoms with Crippen LogP contribution in [0.3, 0.4) is 0 Å². The van der Waals surface area contributed by atoms with E-state index in [1.807, 2.05) is 18.2 Å². The number of esters is 1. The summed E-state index contributed by atoms with van der Waals surface area (Å²) in [5.41, 5.74) is -0.0713. The van der Waals surface area contributed by atoms with E-state index in [1.54, 1.807) is 58.9 Å². The van der Waals surface area contributed by atoms with Crippen LogP contribution in [0, 0.1) is 0 Å². The summed E-state index contributed by atoms with van der Waals surface area (Å²) in [7, 11) is 0. The Morgan fingerprint density at radius 1 is 1.08 bits per heavy atom. The van der Waals surface area contributed by atoms with Crippen LogP contribution in [0.25, 0.3) is 23.5 Å². The lowest BCUT2D eigenvalue weighted by molar-refractivity contribution is 0.00666. The van der Waals surface area contributed by atoms with Crippen molar-refractivity contribution in [3.05, 3.63) is 56.8 Å². The van der Waals surface area contributed by atoms with Crippen LogP contribution in [0.5, 0.6) is 0 Å². The lowest BCUT2D eigenvalue weighted by Gasteiger charge is -2.20. The van der Waals surface area contributed by atoms with Gasteiger partial charge < -0.3 is 9.15 Å². The van der Waals surface area contributed by atoms with Gasteiger partial charge in [0, 0.05) is 5.56 Å². The van der Waals surface area contributed by atoms with Crippen LogP contribution in [0.2, 0.25) is 0 Å². The molecule has 24 heavy (non-hydrogen) atoms. The molecule has 1 heterocycles. The summed E-state index contributed by atoms with van der Waals surface area (Å²) < 4.78 is 11.3. The van der Waals surface area contributed by atoms with E-state index in [9.17, 15) is 9.59 Å². The molecule has 0 unspecified atom stereocenters. The first-order chi connectivity index (χ1) is 11.3. The van der Waals surface area contributed by atoms with Crippen molar-refractivity contribution < 1.29 is 13.9 Å². The van der Waals surface area contributed by atoms with Crippen LogP contribution in [0.15, 0.2) is 39.5 Å². The van der Waals surface area contributed by atoms with Gasteiger partial charge in [0.25, 0.3) is 0 Å². The highest BCUT2D eigenvalue weighted by Crippen LogP contribution is 2.21. The second-order valence-electron chi connectivity index (χ2n) is 6.36. The van der Waals surface area contributed by atoms with Crippen LogP contribution >= 0.6 is 0 Å². The highest BCUT2D eigenvalue weighted by atomic mass is 16.6. The van der Waals surface area contributed by atoms with Crippen LogP contribution in [0.4, 0.5) is 0 Å². The first-order valence-electron chi connectivity index (χ1n) is 7.87. The largest absolute Gasteiger partial charge is 0.456 e. The molecule has 0 aliphatic rings. The molecule has 0 saturated carbocycles. The van der Waals surface area contributed by atoms with Gasteiger partial charge in [0.1, 0.15) is 11.0 Å². The van der Waals surface area contributed by atoms with E-state index in [0.717, 1.165) is 0 Å². The molecule has 0 aliphatic heterocycles. The predicted molar refractivity (Wildman–Crippen MR) is 95.1 cm³/mol. The second-order valence-corrected chi connectivity index (χ2v) is 6.36. The van der Waals surface area contributed by atoms with Gasteiger partial charge >= 0.3 is 5.97 Å². The van der Waals surface area contributed by atoms with Gasteiger partial charge in [-0.2, -0.15) is 0 Å². The third-order valence-corrected chi connectivity index (χ3v) is 3.37. The fraction of sp³-hybridized carbons (Fsp3) is 0.300. The Morgan fingerprint density at radius 2 is 1.71 bits per heavy atom. The molecular weight excluding hydrogens is 304 g/mol. The molecule has 1 aromatic carbocycles. The van der Waals surface area contributed by atoms with Crippen LogP contribution in [-0.4, -0.2) is 11.6 Å². The van der Waals surface area contributed by atoms with E-state index < -0.39 is 11.6 Å². The zero-order valence-electron chi connectivity index (χ0n) is 14.7. The van der Waals surface area contributed by atoms with Crippen LogP contribution < -0.4 is 16.1 Å². The van der Waals surface area contributed by atoms with Crippen molar-refractivity contribution in [1.29, 1.82) is 0 Å². The number of benzene rings is 1. The molecule has 0 bridgehead atoms. The smallest absolute Gasteiger partial charge is 0.346 e. The summed E-state index contributed by atoms with van der Waals surface area (Å²) in [6.45, 7) is 8.80. The Morgan fingerprint density at radius 3 is 2.21 bits per heavy atom. The van der Waals surface area contributed by atoms with Crippen molar-refractivity contribution in [3.63, 3.8) is 0 Å². The number of carbonyl (C=O) groups is 1. The summed E-state index contributed by atoms with van der Waals surface area (Å²) in [6.07, 6.45) is 3.35. The highest BCUT2D eigenvalue weighted by Gasteiger charge is 2.26. The molecule has 0 aliphatic carbocycles. The lowest BCUT2D eigenvalue weighted by atomic mass is 10.1. The average molecular weight is 326 g/mol. The van der Waals surface area contributed by atoms with E-state index in [4.69, 9.17) is 9.15 Å². The second kappa shape index (κ2) is 6.87. The van der Waals surface area contributed by atoms with Gasteiger partial charge in [-0.3, -0.25) is 4.79 Å². The highest BCUT2D eigenvalue weighted by molar-refractivity contribution is 5.95. The van der Waals surface area contributed by atoms with E-state index in [-0.39, 0.29) is 16.8 Å². The van der Waals surface area contributed by atoms with E-state index in [0.29, 0.717) is 16.2 Å². The maximum atomic E-state index is 12.9. The first-order valence-corrected chi connectivity index (χ1v) is 7.87. The van der Waals surface area contributed by atoms with Gasteiger partial charge in [0.2, 0.25) is 5.43 Å². The zero-order chi connectivity index (χ0) is 17.9. The number of ether oxygens (including phenoxy) is 1. The molecule has 2 aromatic rings. The van der Waals surface area contributed by atoms with Crippen molar-refractivity contribution in [2.45, 2.75) is 40.2 Å². The van der Waals surface area contributed by atoms with Crippen molar-refractivity contribution in [3.8, 4) is 11.3 Å². The van der Waals surface area contributed by atoms with Crippen LogP contribution in [-0.2, 0) is 4.74 Å². The van der Waals surface area contributed by atoms with Crippen molar-refractivity contribution in [1.82, 2.24) is 0 Å². The zero-order valence-corrected chi connectivity index (χ0v) is 14.7. The van der Waals surface area contributed by atoms with Gasteiger partial charge in [-0.05, 0) is 40.7 Å². The molecule has 4 nitrogen and oxygen atoms in total. The monoisotopic (exact) mass is 326 g/mol. The third kappa shape index (κ3) is 3.65. The summed E-state index contributed by atoms with van der Waals surface area (Å²) in [4.78, 5) is 25.5. The van der Waals surface area contributed by atoms with Crippen molar-refractivity contribution in [2.75, 3.05) is 0 Å². The molecule has 126 valence electrons. The molecule has 0 saturated heterocycles. The fourth-order valence-corrected chi connectivity index (χ4v) is 2.36. The molecule has 0 spiro atoms. The van der Waals surface area contributed by atoms with Gasteiger partial charge in [-0.25, -0.2) is 4.79 Å². The van der Waals surface area contributed by atoms with Crippen LogP contribution in [0.1, 0.15) is 45.0 Å². The summed E-state index contributed by atoms with van der Waals surface area (Å²) in [6, 6.07) is 9.09. The molecule has 0 amide bonds. The Balaban J connectivity index is 2.86. The van der Waals surface area contributed by atoms with Crippen molar-refractivity contribution in [2.24, 2.45) is 0 Å². The van der Waals surface area contributed by atoms with Gasteiger partial charge in [-0.1, -0.05) is 36.4 Å². The Kier molecular flexibility index (Phi) is 5.07. The van der Waals surface area contributed by atoms with Gasteiger partial charge in [0.15, 0.2) is 11.3 Å². The number of hydrogen-bond donors (Lipinski definition) is 0. The summed E-state index contributed by atoms with van der Waals surface area (Å²) in [5, 5.41) is 0.359. The average Bonchev–Trinajstić information content (AvgIpc) is 2.52. The molecule has 1 aromatic heterocycles. The number of carbonyl (C=O) groups excluding carboxylic acids is 1. The molecule has 0 radical (unpaired) electrons. The van der Waals surface area contributed by atoms with Crippen molar-refractivity contribution >= 4 is 18.1 Å². The van der Waals surface area contributed by atoms with Gasteiger partial charge in [-0.15, -0.1) is 0 Å². The minimum atomic E-state index is -0.705. The van der Waals surface area contributed by atoms with E-state index in [1.165, 1.54) is 0 Å². The number of hydrogen-bond acceptors (Lipinski definition) is 4. The molecule has 0 fully saturated rings. The molecule has 2 rings (SSSR count). The lowest BCUT2D eigenvalue weighted by Crippen LogP contribution is -2.43. The molecular formula is C20H22O4. The number of rotatable bonds is 2. The van der Waals surface area contributed by atoms with Gasteiger partial charge in [0.05, 0.1) is 5.22 Å². The first kappa shape index (κ1) is 17.7. The molecule has 0 N–H and O–H groups in total. The Bertz CT molecular complexity index is 913. The normalized spacial score (nSPS) is 13.2. The SMILES string of the molecule is C/C=c1/oc(-c2ccccc2)c(C(=O)OC(C)(C)C)c(=O)/c1=C/C. The standard InChI is InChI=1S/C20H22O4/c1-6-14-15(7-2)23-18(13-11-9-8-10-12-13)16(17(14)21)19(22)24-20(3,4)5/h6-12H,1-5H3/b14-6+,15-7+. The maximum Gasteiger partial charge on any atom is 0.346 e. The molecule has 4 heteroatoms. The Labute approximate surface area is 141 Å². The third-order valence-electron chi connectivity index (χ3n) is 3.37. The minimum Gasteiger partial charge on any atom is -0.456 e. The molecule has 0 atom stereocenters. The minimum absolute atomic E-state index is 0.0742. The quantitative estimate of drug-likeness (QED) is 0.796. The van der Waals surface area contributed by atoms with E-state index in [2.05, 4.69) is 0 Å². The fourth-order valence-electron chi connectivity index (χ4n) is 2.36. The topological polar surface area (TPSA) is 56.5 Å².